The van der Waals surface area contributed by atoms with Crippen molar-refractivity contribution in [2.75, 3.05) is 11.4 Å². The van der Waals surface area contributed by atoms with Gasteiger partial charge in [0, 0.05) is 30.4 Å². The van der Waals surface area contributed by atoms with Gasteiger partial charge in [-0.1, -0.05) is 17.7 Å². The van der Waals surface area contributed by atoms with Gasteiger partial charge in [-0.05, 0) is 55.0 Å². The number of halogens is 4. The molecule has 1 spiro atoms. The monoisotopic (exact) mass is 514 g/mol. The number of hydrogen-bond acceptors (Lipinski definition) is 5. The van der Waals surface area contributed by atoms with Gasteiger partial charge in [0.25, 0.3) is 5.91 Å². The van der Waals surface area contributed by atoms with E-state index in [-0.39, 0.29) is 35.1 Å². The van der Waals surface area contributed by atoms with E-state index in [9.17, 15) is 27.6 Å². The predicted molar refractivity (Wildman–Crippen MR) is 125 cm³/mol. The molecule has 0 saturated heterocycles. The van der Waals surface area contributed by atoms with Gasteiger partial charge in [0.2, 0.25) is 0 Å². The molecule has 1 amide bonds. The van der Waals surface area contributed by atoms with Crippen molar-refractivity contribution >= 4 is 40.6 Å². The van der Waals surface area contributed by atoms with Crippen LogP contribution in [-0.2, 0) is 15.0 Å². The number of amides is 1. The fourth-order valence-corrected chi connectivity index (χ4v) is 4.62. The minimum absolute atomic E-state index is 0.0319. The normalized spacial score (nSPS) is 18.7. The number of hydrogen-bond donors (Lipinski definition) is 1. The molecule has 1 saturated carbocycles. The zero-order valence-corrected chi connectivity index (χ0v) is 19.5. The highest BCUT2D eigenvalue weighted by Gasteiger charge is 2.61. The fraction of sp³-hybridized carbons (Fsp3) is 0.192. The summed E-state index contributed by atoms with van der Waals surface area (Å²) in [6, 6.07) is 11.0. The molecule has 0 radical (unpaired) electrons. The van der Waals surface area contributed by atoms with E-state index in [2.05, 4.69) is 5.32 Å². The van der Waals surface area contributed by atoms with Crippen LogP contribution in [0.25, 0.3) is 0 Å². The van der Waals surface area contributed by atoms with Gasteiger partial charge in [-0.3, -0.25) is 9.59 Å². The number of carbonyl (C=O) groups is 3. The average Bonchev–Trinajstić information content (AvgIpc) is 3.38. The second kappa shape index (κ2) is 8.67. The summed E-state index contributed by atoms with van der Waals surface area (Å²) in [5.74, 6) is -4.37. The maximum Gasteiger partial charge on any atom is 0.333 e. The van der Waals surface area contributed by atoms with Gasteiger partial charge >= 0.3 is 5.97 Å². The minimum atomic E-state index is -1.11. The molecular weight excluding hydrogens is 497 g/mol. The van der Waals surface area contributed by atoms with E-state index >= 15 is 0 Å². The molecular formula is C26H18ClF3N2O4. The number of ether oxygens (including phenoxy) is 1. The van der Waals surface area contributed by atoms with Gasteiger partial charge in [-0.25, -0.2) is 18.0 Å². The Hall–Kier alpha value is -3.85. The number of benzene rings is 3. The third-order valence-electron chi connectivity index (χ3n) is 6.40. The lowest BCUT2D eigenvalue weighted by molar-refractivity contribution is -0.136. The van der Waals surface area contributed by atoms with Crippen molar-refractivity contribution in [3.8, 4) is 5.75 Å². The topological polar surface area (TPSA) is 75.7 Å². The average molecular weight is 515 g/mol. The molecule has 184 valence electrons. The van der Waals surface area contributed by atoms with Crippen molar-refractivity contribution in [2.45, 2.75) is 24.8 Å². The van der Waals surface area contributed by atoms with Crippen LogP contribution in [0.15, 0.2) is 54.6 Å². The first-order valence-corrected chi connectivity index (χ1v) is 11.4. The predicted octanol–water partition coefficient (Wildman–Crippen LogP) is 4.84. The van der Waals surface area contributed by atoms with Crippen LogP contribution in [0, 0.1) is 17.5 Å². The number of esters is 1. The first-order valence-electron chi connectivity index (χ1n) is 11.0. The maximum absolute atomic E-state index is 14.0. The first kappa shape index (κ1) is 23.9. The maximum atomic E-state index is 14.0. The summed E-state index contributed by atoms with van der Waals surface area (Å²) in [6.45, 7) is 1.63. The third-order valence-corrected chi connectivity index (χ3v) is 6.72. The Bertz CT molecular complexity index is 1410. The van der Waals surface area contributed by atoms with Gasteiger partial charge < -0.3 is 15.0 Å². The van der Waals surface area contributed by atoms with E-state index in [0.29, 0.717) is 16.9 Å². The molecule has 5 rings (SSSR count). The fourth-order valence-electron chi connectivity index (χ4n) is 4.37. The van der Waals surface area contributed by atoms with E-state index < -0.39 is 40.8 Å². The number of anilines is 2. The lowest BCUT2D eigenvalue weighted by Gasteiger charge is -2.20. The summed E-state index contributed by atoms with van der Waals surface area (Å²) in [6.07, 6.45) is 0.263. The molecule has 2 atom stereocenters. The molecule has 3 aromatic carbocycles. The van der Waals surface area contributed by atoms with Crippen molar-refractivity contribution in [1.82, 2.24) is 5.32 Å². The second-order valence-corrected chi connectivity index (χ2v) is 9.17. The van der Waals surface area contributed by atoms with E-state index in [0.717, 1.165) is 18.2 Å². The van der Waals surface area contributed by atoms with E-state index in [4.69, 9.17) is 16.3 Å². The smallest absolute Gasteiger partial charge is 0.333 e. The molecule has 3 aromatic rings. The Balaban J connectivity index is 1.28. The van der Waals surface area contributed by atoms with Crippen LogP contribution in [0.4, 0.5) is 24.5 Å². The lowest BCUT2D eigenvalue weighted by Crippen LogP contribution is -2.41. The van der Waals surface area contributed by atoms with Crippen LogP contribution in [0.1, 0.15) is 29.3 Å². The van der Waals surface area contributed by atoms with Crippen molar-refractivity contribution in [3.05, 3.63) is 88.2 Å². The van der Waals surface area contributed by atoms with Crippen LogP contribution in [0.2, 0.25) is 5.02 Å². The number of fused-ring (bicyclic) bond motifs is 2. The summed E-state index contributed by atoms with van der Waals surface area (Å²) in [5, 5.41) is 2.26. The number of rotatable bonds is 5. The van der Waals surface area contributed by atoms with Crippen molar-refractivity contribution < 1.29 is 32.3 Å². The minimum Gasteiger partial charge on any atom is -0.425 e. The van der Waals surface area contributed by atoms with Crippen molar-refractivity contribution in [3.63, 3.8) is 0 Å². The summed E-state index contributed by atoms with van der Waals surface area (Å²) in [5.41, 5.74) is 0.254. The number of carbonyl (C=O) groups excluding carboxylic acids is 3. The molecule has 1 aliphatic heterocycles. The Morgan fingerprint density at radius 2 is 1.72 bits per heavy atom. The molecule has 0 aromatic heterocycles. The molecule has 6 nitrogen and oxygen atoms in total. The van der Waals surface area contributed by atoms with Crippen LogP contribution >= 0.6 is 11.6 Å². The largest absolute Gasteiger partial charge is 0.425 e. The summed E-state index contributed by atoms with van der Waals surface area (Å²) in [4.78, 5) is 38.7. The molecule has 1 heterocycles. The molecule has 0 bridgehead atoms. The van der Waals surface area contributed by atoms with Crippen LogP contribution in [0.3, 0.4) is 0 Å². The number of ketones is 1. The zero-order chi connectivity index (χ0) is 25.8. The second-order valence-electron chi connectivity index (χ2n) is 8.76. The summed E-state index contributed by atoms with van der Waals surface area (Å²) >= 11 is 5.88. The third kappa shape index (κ3) is 3.99. The molecule has 2 aliphatic rings. The van der Waals surface area contributed by atoms with E-state index in [1.54, 1.807) is 17.0 Å². The highest BCUT2D eigenvalue weighted by molar-refractivity contribution is 6.33. The highest BCUT2D eigenvalue weighted by atomic mass is 35.5. The quantitative estimate of drug-likeness (QED) is 0.389. The van der Waals surface area contributed by atoms with Crippen molar-refractivity contribution in [1.29, 1.82) is 0 Å². The number of nitrogens with zero attached hydrogens (tertiary/aromatic N) is 1. The molecule has 1 fully saturated rings. The Kier molecular flexibility index (Phi) is 5.75. The number of nitrogens with one attached hydrogen (secondary N) is 1. The van der Waals surface area contributed by atoms with Gasteiger partial charge in [-0.2, -0.15) is 0 Å². The summed E-state index contributed by atoms with van der Waals surface area (Å²) < 4.78 is 47.1. The van der Waals surface area contributed by atoms with E-state index in [1.807, 2.05) is 0 Å². The van der Waals surface area contributed by atoms with Gasteiger partial charge in [-0.15, -0.1) is 0 Å². The molecule has 36 heavy (non-hydrogen) atoms. The van der Waals surface area contributed by atoms with E-state index in [1.165, 1.54) is 31.2 Å². The zero-order valence-electron chi connectivity index (χ0n) is 18.8. The molecule has 1 N–H and O–H groups in total. The molecule has 1 aliphatic carbocycles. The standard InChI is InChI=1S/C26H18ClF3N2O4/c1-13(31-24(34)23-17(27)3-2-4-18(23)28)25(35)36-15-7-5-14(6-8-15)32-12-26(11-22(26)33)16-9-19(29)20(30)10-21(16)32/h2-10,13H,11-12H2,1H3,(H,31,34)/t13-,26?/m0/s1. The van der Waals surface area contributed by atoms with Crippen LogP contribution in [-0.4, -0.2) is 30.2 Å². The van der Waals surface area contributed by atoms with Crippen LogP contribution < -0.4 is 15.0 Å². The molecule has 1 unspecified atom stereocenters. The van der Waals surface area contributed by atoms with Crippen LogP contribution in [0.5, 0.6) is 5.75 Å². The highest BCUT2D eigenvalue weighted by Crippen LogP contribution is 2.55. The van der Waals surface area contributed by atoms with Crippen molar-refractivity contribution in [2.24, 2.45) is 0 Å². The Morgan fingerprint density at radius 3 is 2.36 bits per heavy atom. The first-order chi connectivity index (χ1) is 17.1. The lowest BCUT2D eigenvalue weighted by atomic mass is 9.98. The summed E-state index contributed by atoms with van der Waals surface area (Å²) in [7, 11) is 0. The Morgan fingerprint density at radius 1 is 1.06 bits per heavy atom. The SMILES string of the molecule is C[C@H](NC(=O)c1c(F)cccc1Cl)C(=O)Oc1ccc(N2CC3(CC3=O)c3cc(F)c(F)cc32)cc1. The van der Waals surface area contributed by atoms with Gasteiger partial charge in [0.1, 0.15) is 23.4 Å². The van der Waals surface area contributed by atoms with Gasteiger partial charge in [0.05, 0.1) is 16.0 Å². The Labute approximate surface area is 208 Å². The van der Waals surface area contributed by atoms with Gasteiger partial charge in [0.15, 0.2) is 11.6 Å². The molecule has 10 heteroatoms. The number of Topliss-reactive ketones (excluding diaryl/α,β-unsaturated/α-hetero) is 1.